The van der Waals surface area contributed by atoms with Crippen molar-refractivity contribution in [3.63, 3.8) is 0 Å². The Morgan fingerprint density at radius 2 is 2.40 bits per heavy atom. The van der Waals surface area contributed by atoms with E-state index in [-0.39, 0.29) is 0 Å². The van der Waals surface area contributed by atoms with Crippen molar-refractivity contribution in [3.8, 4) is 0 Å². The summed E-state index contributed by atoms with van der Waals surface area (Å²) in [6, 6.07) is -0.769. The summed E-state index contributed by atoms with van der Waals surface area (Å²) in [5.41, 5.74) is 0. The van der Waals surface area contributed by atoms with Gasteiger partial charge < -0.3 is 0 Å². The molecule has 1 rings (SSSR count). The maximum atomic E-state index is 11.7. The van der Waals surface area contributed by atoms with E-state index in [1.807, 2.05) is 6.34 Å². The molecule has 0 aromatic carbocycles. The third-order valence-corrected chi connectivity index (χ3v) is 1.04. The van der Waals surface area contributed by atoms with Gasteiger partial charge in [-0.1, -0.05) is 0 Å². The van der Waals surface area contributed by atoms with Crippen LogP contribution >= 0.6 is 0 Å². The summed E-state index contributed by atoms with van der Waals surface area (Å²) in [6.07, 6.45) is 1.97. The lowest BCUT2D eigenvalue weighted by Crippen LogP contribution is -2.23. The smallest absolute Gasteiger partial charge is 0.290 e. The standard InChI is InChI=1S/C5H5F3N2/c6-1-4-2-10(3-9-4)5(7)8/h2,4-5H,1H2. The first-order valence-electron chi connectivity index (χ1n) is 2.67. The van der Waals surface area contributed by atoms with Crippen LogP contribution in [0.2, 0.25) is 0 Å². The molecular weight excluding hydrogens is 145 g/mol. The van der Waals surface area contributed by atoms with Gasteiger partial charge in [0.15, 0.2) is 6.34 Å². The highest BCUT2D eigenvalue weighted by Crippen LogP contribution is 2.13. The van der Waals surface area contributed by atoms with Crippen LogP contribution < -0.4 is 0 Å². The molecule has 1 atom stereocenters. The normalized spacial score (nSPS) is 24.8. The Hall–Kier alpha value is -0.740. The van der Waals surface area contributed by atoms with Gasteiger partial charge in [0, 0.05) is 0 Å². The number of rotatable bonds is 2. The molecule has 1 unspecified atom stereocenters. The number of aliphatic imine (C=N–C) groups is 1. The monoisotopic (exact) mass is 150 g/mol. The van der Waals surface area contributed by atoms with E-state index in [9.17, 15) is 13.2 Å². The van der Waals surface area contributed by atoms with Crippen molar-refractivity contribution in [2.24, 2.45) is 4.99 Å². The third-order valence-electron chi connectivity index (χ3n) is 1.04. The van der Waals surface area contributed by atoms with Crippen LogP contribution in [0.15, 0.2) is 4.99 Å². The van der Waals surface area contributed by atoms with Gasteiger partial charge in [-0.25, -0.2) is 4.39 Å². The Balaban J connectivity index is 2.37. The summed E-state index contributed by atoms with van der Waals surface area (Å²) in [6.45, 7) is -2.42. The van der Waals surface area contributed by atoms with E-state index in [0.29, 0.717) is 4.90 Å². The summed E-state index contributed by atoms with van der Waals surface area (Å²) in [7, 11) is 0. The molecule has 0 aromatic heterocycles. The Bertz CT molecular complexity index is 137. The van der Waals surface area contributed by atoms with Crippen LogP contribution in [-0.2, 0) is 0 Å². The Kier molecular flexibility index (Phi) is 2.13. The fraction of sp³-hybridized carbons (Fsp3) is 0.600. The number of alkyl halides is 3. The molecule has 56 valence electrons. The minimum absolute atomic E-state index is 0.463. The molecule has 0 saturated heterocycles. The maximum Gasteiger partial charge on any atom is 0.316 e. The zero-order chi connectivity index (χ0) is 7.56. The molecular formula is C5H5F3N2. The molecule has 0 amide bonds. The van der Waals surface area contributed by atoms with Crippen molar-refractivity contribution >= 4 is 6.34 Å². The van der Waals surface area contributed by atoms with Gasteiger partial charge in [0.25, 0.3) is 0 Å². The van der Waals surface area contributed by atoms with E-state index < -0.39 is 19.3 Å². The maximum absolute atomic E-state index is 11.7. The number of hydrogen-bond donors (Lipinski definition) is 0. The van der Waals surface area contributed by atoms with Gasteiger partial charge in [-0.2, -0.15) is 8.78 Å². The summed E-state index contributed by atoms with van der Waals surface area (Å²) < 4.78 is 35.1. The molecule has 0 N–H and O–H groups in total. The van der Waals surface area contributed by atoms with Crippen LogP contribution in [0.5, 0.6) is 0 Å². The first-order valence-corrected chi connectivity index (χ1v) is 2.67. The highest BCUT2D eigenvalue weighted by atomic mass is 19.3. The molecule has 1 aliphatic rings. The van der Waals surface area contributed by atoms with Gasteiger partial charge in [-0.3, -0.25) is 9.89 Å². The molecule has 1 heterocycles. The first kappa shape index (κ1) is 7.37. The van der Waals surface area contributed by atoms with E-state index in [2.05, 4.69) is 4.99 Å². The van der Waals surface area contributed by atoms with Crippen LogP contribution in [0.4, 0.5) is 13.2 Å². The van der Waals surface area contributed by atoms with E-state index >= 15 is 0 Å². The van der Waals surface area contributed by atoms with Crippen molar-refractivity contribution in [2.75, 3.05) is 6.67 Å². The molecule has 0 fully saturated rings. The molecule has 10 heavy (non-hydrogen) atoms. The van der Waals surface area contributed by atoms with Crippen LogP contribution in [0.3, 0.4) is 0 Å². The quantitative estimate of drug-likeness (QED) is 0.534. The second-order valence-corrected chi connectivity index (χ2v) is 1.78. The highest BCUT2D eigenvalue weighted by molar-refractivity contribution is 5.59. The van der Waals surface area contributed by atoms with E-state index in [4.69, 9.17) is 0 Å². The highest BCUT2D eigenvalue weighted by Gasteiger charge is 2.24. The van der Waals surface area contributed by atoms with Crippen molar-refractivity contribution in [1.29, 1.82) is 0 Å². The topological polar surface area (TPSA) is 15.6 Å². The molecule has 2 nitrogen and oxygen atoms in total. The van der Waals surface area contributed by atoms with Gasteiger partial charge in [-0.05, 0) is 0 Å². The van der Waals surface area contributed by atoms with Crippen molar-refractivity contribution in [2.45, 2.75) is 12.6 Å². The Morgan fingerprint density at radius 1 is 1.70 bits per heavy atom. The summed E-state index contributed by atoms with van der Waals surface area (Å²) in [5, 5.41) is 0. The molecule has 0 saturated carbocycles. The zero-order valence-corrected chi connectivity index (χ0v) is 4.97. The Morgan fingerprint density at radius 3 is 2.70 bits per heavy atom. The molecule has 0 spiro atoms. The van der Waals surface area contributed by atoms with Gasteiger partial charge in [-0.15, -0.1) is 0 Å². The minimum atomic E-state index is -2.67. The lowest BCUT2D eigenvalue weighted by molar-refractivity contribution is 0.0430. The average Bonchev–Trinajstić information content (AvgIpc) is 2.34. The second kappa shape index (κ2) is 2.90. The average molecular weight is 150 g/mol. The zero-order valence-electron chi connectivity index (χ0n) is 4.97. The Labute approximate surface area is 56.3 Å². The first-order chi connectivity index (χ1) is 4.74. The van der Waals surface area contributed by atoms with Gasteiger partial charge >= 0.3 is 6.55 Å². The van der Waals surface area contributed by atoms with Crippen molar-refractivity contribution in [3.05, 3.63) is 6.54 Å². The largest absolute Gasteiger partial charge is 0.316 e. The molecule has 2 radical (unpaired) electrons. The van der Waals surface area contributed by atoms with Crippen LogP contribution in [0, 0.1) is 6.54 Å². The lowest BCUT2D eigenvalue weighted by atomic mass is 10.3. The summed E-state index contributed by atoms with van der Waals surface area (Å²) >= 11 is 0. The van der Waals surface area contributed by atoms with Gasteiger partial charge in [0.1, 0.15) is 12.7 Å². The lowest BCUT2D eigenvalue weighted by Gasteiger charge is -2.10. The molecule has 0 bridgehead atoms. The van der Waals surface area contributed by atoms with E-state index in [0.717, 1.165) is 6.54 Å². The van der Waals surface area contributed by atoms with Crippen LogP contribution in [-0.4, -0.2) is 30.5 Å². The molecule has 5 heteroatoms. The van der Waals surface area contributed by atoms with Gasteiger partial charge in [0.05, 0.1) is 6.54 Å². The summed E-state index contributed by atoms with van der Waals surface area (Å²) in [4.78, 5) is 3.78. The van der Waals surface area contributed by atoms with Crippen LogP contribution in [0.1, 0.15) is 0 Å². The van der Waals surface area contributed by atoms with Crippen LogP contribution in [0.25, 0.3) is 0 Å². The van der Waals surface area contributed by atoms with E-state index in [1.54, 1.807) is 0 Å². The molecule has 0 aromatic rings. The number of nitrogens with zero attached hydrogens (tertiary/aromatic N) is 2. The molecule has 0 aliphatic carbocycles. The van der Waals surface area contributed by atoms with Crippen molar-refractivity contribution < 1.29 is 13.2 Å². The minimum Gasteiger partial charge on any atom is -0.290 e. The van der Waals surface area contributed by atoms with E-state index in [1.165, 1.54) is 0 Å². The fourth-order valence-corrected chi connectivity index (χ4v) is 0.576. The molecule has 1 aliphatic heterocycles. The predicted molar refractivity (Wildman–Crippen MR) is 29.3 cm³/mol. The number of hydrogen-bond acceptors (Lipinski definition) is 2. The SMILES string of the molecule is FCC1[CH]N(C(F)F)[C]=N1. The predicted octanol–water partition coefficient (Wildman–Crippen LogP) is 0.930. The van der Waals surface area contributed by atoms with Crippen molar-refractivity contribution in [1.82, 2.24) is 4.90 Å². The van der Waals surface area contributed by atoms with Gasteiger partial charge in [0.2, 0.25) is 0 Å². The second-order valence-electron chi connectivity index (χ2n) is 1.78. The third kappa shape index (κ3) is 1.40. The summed E-state index contributed by atoms with van der Waals surface area (Å²) in [5.74, 6) is 0. The number of halogens is 3. The fourth-order valence-electron chi connectivity index (χ4n) is 0.576.